The second-order valence-corrected chi connectivity index (χ2v) is 6.09. The fraction of sp³-hybridized carbons (Fsp3) is 0.500. The van der Waals surface area contributed by atoms with Crippen LogP contribution in [0.25, 0.3) is 11.3 Å². The quantitative estimate of drug-likeness (QED) is 0.602. The molecule has 0 saturated heterocycles. The van der Waals surface area contributed by atoms with Gasteiger partial charge in [-0.3, -0.25) is 20.1 Å². The van der Waals surface area contributed by atoms with E-state index in [2.05, 4.69) is 22.0 Å². The van der Waals surface area contributed by atoms with Gasteiger partial charge in [0.1, 0.15) is 11.4 Å². The average molecular weight is 360 g/mol. The van der Waals surface area contributed by atoms with Gasteiger partial charge in [-0.25, -0.2) is 0 Å². The monoisotopic (exact) mass is 360 g/mol. The maximum atomic E-state index is 11.5. The predicted molar refractivity (Wildman–Crippen MR) is 97.7 cm³/mol. The minimum absolute atomic E-state index is 0.0785. The summed E-state index contributed by atoms with van der Waals surface area (Å²) in [7, 11) is 0. The molecule has 0 aliphatic carbocycles. The van der Waals surface area contributed by atoms with Crippen LogP contribution >= 0.6 is 0 Å². The zero-order valence-corrected chi connectivity index (χ0v) is 15.4. The Morgan fingerprint density at radius 3 is 2.62 bits per heavy atom. The van der Waals surface area contributed by atoms with Gasteiger partial charge < -0.3 is 9.47 Å². The lowest BCUT2D eigenvalue weighted by atomic mass is 9.99. The Hall–Kier alpha value is -2.61. The van der Waals surface area contributed by atoms with Crippen molar-refractivity contribution >= 4 is 5.69 Å². The molecule has 0 saturated carbocycles. The second-order valence-electron chi connectivity index (χ2n) is 6.09. The Kier molecular flexibility index (Phi) is 5.41. The number of ether oxygens (including phenoxy) is 2. The van der Waals surface area contributed by atoms with E-state index < -0.39 is 4.92 Å². The maximum Gasteiger partial charge on any atom is 0.311 e. The van der Waals surface area contributed by atoms with Crippen LogP contribution in [-0.4, -0.2) is 46.3 Å². The molecule has 2 aromatic rings. The van der Waals surface area contributed by atoms with Crippen molar-refractivity contribution in [3.8, 4) is 22.8 Å². The van der Waals surface area contributed by atoms with Gasteiger partial charge in [0.05, 0.1) is 23.7 Å². The topological polar surface area (TPSA) is 93.5 Å². The number of hydrogen-bond acceptors (Lipinski definition) is 6. The summed E-state index contributed by atoms with van der Waals surface area (Å²) in [6.45, 7) is 9.28. The van der Waals surface area contributed by atoms with Crippen LogP contribution in [0.4, 0.5) is 5.69 Å². The fourth-order valence-corrected chi connectivity index (χ4v) is 3.27. The number of aromatic nitrogens is 2. The highest BCUT2D eigenvalue weighted by atomic mass is 16.6. The Balaban J connectivity index is 2.14. The van der Waals surface area contributed by atoms with Crippen molar-refractivity contribution in [1.82, 2.24) is 15.1 Å². The number of nitro benzene ring substituents is 1. The lowest BCUT2D eigenvalue weighted by Crippen LogP contribution is -2.30. The van der Waals surface area contributed by atoms with Gasteiger partial charge >= 0.3 is 5.69 Å². The molecule has 3 rings (SSSR count). The summed E-state index contributed by atoms with van der Waals surface area (Å²) in [6.07, 6.45) is 0.888. The highest BCUT2D eigenvalue weighted by Crippen LogP contribution is 2.41. The molecule has 0 bridgehead atoms. The number of nitro groups is 1. The molecule has 1 aromatic heterocycles. The summed E-state index contributed by atoms with van der Waals surface area (Å²) in [6, 6.07) is 3.11. The van der Waals surface area contributed by atoms with Crippen LogP contribution < -0.4 is 9.47 Å². The molecule has 0 fully saturated rings. The highest BCUT2D eigenvalue weighted by molar-refractivity contribution is 5.76. The molecule has 0 atom stereocenters. The van der Waals surface area contributed by atoms with E-state index in [0.717, 1.165) is 37.3 Å². The molecule has 0 unspecified atom stereocenters. The van der Waals surface area contributed by atoms with E-state index in [4.69, 9.17) is 9.47 Å². The Labute approximate surface area is 152 Å². The highest BCUT2D eigenvalue weighted by Gasteiger charge is 2.27. The summed E-state index contributed by atoms with van der Waals surface area (Å²) in [5.74, 6) is 0.758. The molecule has 1 aliphatic heterocycles. The molecule has 140 valence electrons. The van der Waals surface area contributed by atoms with Crippen LogP contribution in [0.3, 0.4) is 0 Å². The molecular formula is C18H24N4O4. The largest absolute Gasteiger partial charge is 0.493 e. The first-order valence-corrected chi connectivity index (χ1v) is 8.95. The number of nitrogens with one attached hydrogen (secondary N) is 1. The van der Waals surface area contributed by atoms with Gasteiger partial charge in [0.15, 0.2) is 0 Å². The zero-order chi connectivity index (χ0) is 18.7. The third-order valence-electron chi connectivity index (χ3n) is 4.57. The van der Waals surface area contributed by atoms with Crippen molar-refractivity contribution in [3.63, 3.8) is 0 Å². The maximum absolute atomic E-state index is 11.5. The van der Waals surface area contributed by atoms with Crippen LogP contribution in [0.15, 0.2) is 12.1 Å². The summed E-state index contributed by atoms with van der Waals surface area (Å²) in [5.41, 5.74) is 3.43. The van der Waals surface area contributed by atoms with Crippen LogP contribution in [-0.2, 0) is 13.0 Å². The van der Waals surface area contributed by atoms with Crippen molar-refractivity contribution in [3.05, 3.63) is 33.5 Å². The minimum Gasteiger partial charge on any atom is -0.493 e. The molecule has 1 N–H and O–H groups in total. The average Bonchev–Trinajstić information content (AvgIpc) is 3.05. The molecule has 1 aliphatic rings. The third kappa shape index (κ3) is 3.37. The second kappa shape index (κ2) is 7.74. The van der Waals surface area contributed by atoms with E-state index >= 15 is 0 Å². The van der Waals surface area contributed by atoms with Crippen molar-refractivity contribution in [2.45, 2.75) is 33.7 Å². The number of aromatic amines is 1. The number of likely N-dealkylation sites (N-methyl/N-ethyl adjacent to an activating group) is 1. The number of hydrogen-bond donors (Lipinski definition) is 1. The summed E-state index contributed by atoms with van der Waals surface area (Å²) < 4.78 is 11.2. The fourth-order valence-electron chi connectivity index (χ4n) is 3.27. The zero-order valence-electron chi connectivity index (χ0n) is 15.4. The van der Waals surface area contributed by atoms with E-state index in [1.54, 1.807) is 13.0 Å². The van der Waals surface area contributed by atoms with Gasteiger partial charge in [-0.2, -0.15) is 5.10 Å². The molecule has 8 nitrogen and oxygen atoms in total. The molecule has 0 amide bonds. The Bertz CT molecular complexity index is 803. The minimum atomic E-state index is -0.429. The molecule has 0 radical (unpaired) electrons. The van der Waals surface area contributed by atoms with Crippen molar-refractivity contribution in [2.75, 3.05) is 26.3 Å². The number of nitrogens with zero attached hydrogens (tertiary/aromatic N) is 3. The van der Waals surface area contributed by atoms with Crippen molar-refractivity contribution in [1.29, 1.82) is 0 Å². The van der Waals surface area contributed by atoms with Gasteiger partial charge in [0.25, 0.3) is 0 Å². The Morgan fingerprint density at radius 1 is 1.23 bits per heavy atom. The van der Waals surface area contributed by atoms with E-state index in [9.17, 15) is 10.1 Å². The van der Waals surface area contributed by atoms with E-state index in [1.165, 1.54) is 6.07 Å². The number of H-pyrrole nitrogens is 1. The smallest absolute Gasteiger partial charge is 0.311 e. The first-order chi connectivity index (χ1) is 12.6. The molecule has 26 heavy (non-hydrogen) atoms. The third-order valence-corrected chi connectivity index (χ3v) is 4.57. The van der Waals surface area contributed by atoms with E-state index in [-0.39, 0.29) is 11.4 Å². The normalized spacial score (nSPS) is 14.1. The van der Waals surface area contributed by atoms with Crippen molar-refractivity contribution < 1.29 is 14.4 Å². The Morgan fingerprint density at radius 2 is 1.96 bits per heavy atom. The lowest BCUT2D eigenvalue weighted by molar-refractivity contribution is -0.385. The van der Waals surface area contributed by atoms with Gasteiger partial charge in [-0.15, -0.1) is 0 Å². The van der Waals surface area contributed by atoms with Crippen LogP contribution in [0.2, 0.25) is 0 Å². The van der Waals surface area contributed by atoms with Crippen LogP contribution in [0, 0.1) is 10.1 Å². The van der Waals surface area contributed by atoms with E-state index in [1.807, 2.05) is 6.92 Å². The summed E-state index contributed by atoms with van der Waals surface area (Å²) in [5, 5.41) is 19.1. The van der Waals surface area contributed by atoms with E-state index in [0.29, 0.717) is 30.2 Å². The van der Waals surface area contributed by atoms with Gasteiger partial charge in [0.2, 0.25) is 5.75 Å². The van der Waals surface area contributed by atoms with Crippen LogP contribution in [0.5, 0.6) is 11.5 Å². The molecule has 8 heteroatoms. The van der Waals surface area contributed by atoms with Gasteiger partial charge in [-0.1, -0.05) is 6.92 Å². The molecule has 2 heterocycles. The number of rotatable bonds is 7. The van der Waals surface area contributed by atoms with Crippen molar-refractivity contribution in [2.24, 2.45) is 0 Å². The first-order valence-electron chi connectivity index (χ1n) is 8.95. The number of benzene rings is 1. The summed E-state index contributed by atoms with van der Waals surface area (Å²) >= 11 is 0. The standard InChI is InChI=1S/C18H24N4O4/c1-4-21-8-7-14-13(11-21)18(20-19-14)12-9-15(22(23)24)17(26-6-3)10-16(12)25-5-2/h9-10H,4-8,11H2,1-3H3,(H,19,20). The molecular weight excluding hydrogens is 336 g/mol. The lowest BCUT2D eigenvalue weighted by Gasteiger charge is -2.25. The first kappa shape index (κ1) is 18.2. The predicted octanol–water partition coefficient (Wildman–Crippen LogP) is 3.16. The SMILES string of the molecule is CCOc1cc(OCC)c([N+](=O)[O-])cc1-c1n[nH]c2c1CN(CC)CC2. The summed E-state index contributed by atoms with van der Waals surface area (Å²) in [4.78, 5) is 13.4. The van der Waals surface area contributed by atoms with Gasteiger partial charge in [0, 0.05) is 42.9 Å². The number of fused-ring (bicyclic) bond motifs is 1. The molecule has 1 aromatic carbocycles. The van der Waals surface area contributed by atoms with Crippen LogP contribution in [0.1, 0.15) is 32.0 Å². The molecule has 0 spiro atoms. The van der Waals surface area contributed by atoms with Gasteiger partial charge in [-0.05, 0) is 20.4 Å².